The van der Waals surface area contributed by atoms with E-state index in [-0.39, 0.29) is 11.7 Å². The highest BCUT2D eigenvalue weighted by Crippen LogP contribution is 2.22. The van der Waals surface area contributed by atoms with E-state index in [2.05, 4.69) is 6.92 Å². The Morgan fingerprint density at radius 2 is 2.05 bits per heavy atom. The van der Waals surface area contributed by atoms with E-state index in [0.29, 0.717) is 25.3 Å². The van der Waals surface area contributed by atoms with Gasteiger partial charge in [0.05, 0.1) is 0 Å². The van der Waals surface area contributed by atoms with Crippen LogP contribution in [0.1, 0.15) is 43.0 Å². The topological polar surface area (TPSA) is 37.4 Å². The third-order valence-electron chi connectivity index (χ3n) is 3.70. The molecule has 1 unspecified atom stereocenters. The van der Waals surface area contributed by atoms with Crippen LogP contribution in [0.3, 0.4) is 0 Å². The Bertz CT molecular complexity index is 441. The Kier molecular flexibility index (Phi) is 4.72. The van der Waals surface area contributed by atoms with Crippen LogP contribution in [0.4, 0.5) is 0 Å². The first-order valence-corrected chi connectivity index (χ1v) is 7.06. The molecule has 1 aliphatic rings. The first kappa shape index (κ1) is 13.8. The first-order chi connectivity index (χ1) is 9.20. The summed E-state index contributed by atoms with van der Waals surface area (Å²) in [5, 5.41) is 0. The van der Waals surface area contributed by atoms with Crippen molar-refractivity contribution < 1.29 is 9.59 Å². The van der Waals surface area contributed by atoms with Crippen molar-refractivity contribution >= 4 is 11.7 Å². The first-order valence-electron chi connectivity index (χ1n) is 7.06. The number of amides is 1. The third-order valence-corrected chi connectivity index (χ3v) is 3.70. The molecule has 1 aromatic rings. The van der Waals surface area contributed by atoms with E-state index in [0.717, 1.165) is 24.9 Å². The molecule has 3 heteroatoms. The van der Waals surface area contributed by atoms with Gasteiger partial charge in [0.1, 0.15) is 0 Å². The van der Waals surface area contributed by atoms with Crippen molar-refractivity contribution in [3.05, 3.63) is 35.9 Å². The van der Waals surface area contributed by atoms with E-state index in [1.807, 2.05) is 35.2 Å². The highest BCUT2D eigenvalue weighted by atomic mass is 16.2. The van der Waals surface area contributed by atoms with E-state index < -0.39 is 0 Å². The summed E-state index contributed by atoms with van der Waals surface area (Å²) in [6, 6.07) is 9.29. The molecular weight excluding hydrogens is 238 g/mol. The predicted molar refractivity (Wildman–Crippen MR) is 75.0 cm³/mol. The van der Waals surface area contributed by atoms with Crippen LogP contribution in [-0.4, -0.2) is 29.7 Å². The normalized spacial score (nSPS) is 18.9. The summed E-state index contributed by atoms with van der Waals surface area (Å²) >= 11 is 0. The number of hydrogen-bond acceptors (Lipinski definition) is 2. The van der Waals surface area contributed by atoms with Crippen molar-refractivity contribution in [3.63, 3.8) is 0 Å². The second-order valence-corrected chi connectivity index (χ2v) is 5.24. The van der Waals surface area contributed by atoms with Gasteiger partial charge >= 0.3 is 0 Å². The molecule has 0 aliphatic carbocycles. The lowest BCUT2D eigenvalue weighted by Crippen LogP contribution is -2.27. The van der Waals surface area contributed by atoms with Crippen molar-refractivity contribution in [2.24, 2.45) is 5.92 Å². The van der Waals surface area contributed by atoms with Crippen LogP contribution in [-0.2, 0) is 4.79 Å². The van der Waals surface area contributed by atoms with Gasteiger partial charge in [-0.1, -0.05) is 43.7 Å². The van der Waals surface area contributed by atoms with Crippen LogP contribution in [0.15, 0.2) is 30.3 Å². The van der Waals surface area contributed by atoms with Gasteiger partial charge in [-0.3, -0.25) is 9.59 Å². The lowest BCUT2D eigenvalue weighted by atomic mass is 10.0. The molecule has 0 saturated carbocycles. The molecule has 0 spiro atoms. The summed E-state index contributed by atoms with van der Waals surface area (Å²) in [6.45, 7) is 3.54. The smallest absolute Gasteiger partial charge is 0.222 e. The minimum Gasteiger partial charge on any atom is -0.342 e. The quantitative estimate of drug-likeness (QED) is 0.737. The van der Waals surface area contributed by atoms with Crippen molar-refractivity contribution in [2.75, 3.05) is 13.1 Å². The molecule has 3 nitrogen and oxygen atoms in total. The summed E-state index contributed by atoms with van der Waals surface area (Å²) in [6.07, 6.45) is 3.31. The van der Waals surface area contributed by atoms with Gasteiger partial charge in [0.15, 0.2) is 5.78 Å². The number of hydrogen-bond donors (Lipinski definition) is 0. The second kappa shape index (κ2) is 6.50. The molecular formula is C16H21NO2. The minimum absolute atomic E-state index is 0.118. The summed E-state index contributed by atoms with van der Waals surface area (Å²) in [4.78, 5) is 25.6. The Balaban J connectivity index is 1.83. The van der Waals surface area contributed by atoms with Crippen LogP contribution in [0.5, 0.6) is 0 Å². The molecule has 1 fully saturated rings. The fraction of sp³-hybridized carbons (Fsp3) is 0.500. The summed E-state index contributed by atoms with van der Waals surface area (Å²) in [7, 11) is 0. The minimum atomic E-state index is 0.118. The fourth-order valence-corrected chi connectivity index (χ4v) is 2.68. The van der Waals surface area contributed by atoms with Gasteiger partial charge in [-0.25, -0.2) is 0 Å². The van der Waals surface area contributed by atoms with E-state index in [1.54, 1.807) is 0 Å². The summed E-state index contributed by atoms with van der Waals surface area (Å²) in [5.74, 6) is 0.816. The molecule has 0 radical (unpaired) electrons. The average molecular weight is 259 g/mol. The van der Waals surface area contributed by atoms with Crippen LogP contribution >= 0.6 is 0 Å². The number of likely N-dealkylation sites (tertiary alicyclic amines) is 1. The van der Waals surface area contributed by atoms with E-state index in [1.165, 1.54) is 0 Å². The lowest BCUT2D eigenvalue weighted by Gasteiger charge is -2.16. The van der Waals surface area contributed by atoms with Crippen LogP contribution in [0.25, 0.3) is 0 Å². The number of carbonyl (C=O) groups excluding carboxylic acids is 2. The van der Waals surface area contributed by atoms with E-state index >= 15 is 0 Å². The molecule has 102 valence electrons. The molecule has 1 amide bonds. The van der Waals surface area contributed by atoms with Crippen molar-refractivity contribution in [2.45, 2.75) is 32.6 Å². The Morgan fingerprint density at radius 3 is 2.74 bits per heavy atom. The number of nitrogens with zero attached hydrogens (tertiary/aromatic N) is 1. The van der Waals surface area contributed by atoms with Gasteiger partial charge in [-0.2, -0.15) is 0 Å². The highest BCUT2D eigenvalue weighted by Gasteiger charge is 2.28. The number of rotatable bonds is 6. The van der Waals surface area contributed by atoms with Gasteiger partial charge in [0.2, 0.25) is 5.91 Å². The van der Waals surface area contributed by atoms with E-state index in [4.69, 9.17) is 0 Å². The van der Waals surface area contributed by atoms with Gasteiger partial charge in [-0.05, 0) is 12.3 Å². The highest BCUT2D eigenvalue weighted by molar-refractivity contribution is 5.96. The molecule has 0 bridgehead atoms. The van der Waals surface area contributed by atoms with Crippen molar-refractivity contribution in [3.8, 4) is 0 Å². The molecule has 1 atom stereocenters. The van der Waals surface area contributed by atoms with E-state index in [9.17, 15) is 9.59 Å². The predicted octanol–water partition coefficient (Wildman–Crippen LogP) is 2.91. The SMILES string of the molecule is CCCC1CC(=O)N(CCC(=O)c2ccccc2)C1. The molecule has 0 N–H and O–H groups in total. The zero-order valence-corrected chi connectivity index (χ0v) is 11.5. The van der Waals surface area contributed by atoms with Gasteiger partial charge in [-0.15, -0.1) is 0 Å². The largest absolute Gasteiger partial charge is 0.342 e. The maximum Gasteiger partial charge on any atom is 0.222 e. The average Bonchev–Trinajstić information content (AvgIpc) is 2.78. The lowest BCUT2D eigenvalue weighted by molar-refractivity contribution is -0.127. The molecule has 0 aromatic heterocycles. The standard InChI is InChI=1S/C16H21NO2/c1-2-6-13-11-16(19)17(12-13)10-9-15(18)14-7-4-3-5-8-14/h3-5,7-8,13H,2,6,9-12H2,1H3. The van der Waals surface area contributed by atoms with Crippen molar-refractivity contribution in [1.29, 1.82) is 0 Å². The maximum atomic E-state index is 12.0. The Labute approximate surface area is 114 Å². The van der Waals surface area contributed by atoms with Crippen LogP contribution in [0, 0.1) is 5.92 Å². The molecule has 1 aliphatic heterocycles. The third kappa shape index (κ3) is 3.66. The number of Topliss-reactive ketones (excluding diaryl/α,β-unsaturated/α-hetero) is 1. The molecule has 2 rings (SSSR count). The monoisotopic (exact) mass is 259 g/mol. The molecule has 1 saturated heterocycles. The fourth-order valence-electron chi connectivity index (χ4n) is 2.68. The Hall–Kier alpha value is -1.64. The zero-order chi connectivity index (χ0) is 13.7. The number of carbonyl (C=O) groups is 2. The molecule has 19 heavy (non-hydrogen) atoms. The van der Waals surface area contributed by atoms with Gasteiger partial charge in [0.25, 0.3) is 0 Å². The molecule has 1 aromatic carbocycles. The number of benzene rings is 1. The van der Waals surface area contributed by atoms with Gasteiger partial charge < -0.3 is 4.90 Å². The number of ketones is 1. The molecule has 1 heterocycles. The van der Waals surface area contributed by atoms with Crippen LogP contribution in [0.2, 0.25) is 0 Å². The summed E-state index contributed by atoms with van der Waals surface area (Å²) < 4.78 is 0. The Morgan fingerprint density at radius 1 is 1.32 bits per heavy atom. The van der Waals surface area contributed by atoms with Crippen molar-refractivity contribution in [1.82, 2.24) is 4.90 Å². The van der Waals surface area contributed by atoms with Gasteiger partial charge in [0, 0.05) is 31.5 Å². The second-order valence-electron chi connectivity index (χ2n) is 5.24. The van der Waals surface area contributed by atoms with Crippen LogP contribution < -0.4 is 0 Å². The zero-order valence-electron chi connectivity index (χ0n) is 11.5. The summed E-state index contributed by atoms with van der Waals surface area (Å²) in [5.41, 5.74) is 0.735. The maximum absolute atomic E-state index is 12.0.